The average Bonchev–Trinajstić information content (AvgIpc) is 2.74. The zero-order chi connectivity index (χ0) is 11.2. The van der Waals surface area contributed by atoms with Crippen molar-refractivity contribution in [2.24, 2.45) is 5.92 Å². The molecule has 1 N–H and O–H groups in total. The molecule has 1 aliphatic carbocycles. The minimum atomic E-state index is -0.691. The summed E-state index contributed by atoms with van der Waals surface area (Å²) in [5, 5.41) is 13.1. The van der Waals surface area contributed by atoms with Gasteiger partial charge in [-0.2, -0.15) is 5.10 Å². The van der Waals surface area contributed by atoms with Crippen LogP contribution in [0.5, 0.6) is 0 Å². The summed E-state index contributed by atoms with van der Waals surface area (Å²) in [6.45, 7) is 6.22. The fourth-order valence-corrected chi connectivity index (χ4v) is 1.73. The van der Waals surface area contributed by atoms with Gasteiger partial charge in [-0.05, 0) is 32.8 Å². The van der Waals surface area contributed by atoms with Crippen molar-refractivity contribution in [2.45, 2.75) is 38.6 Å². The van der Waals surface area contributed by atoms with Crippen LogP contribution in [-0.2, 0) is 10.3 Å². The number of carbonyl (C=O) groups is 1. The normalized spacial score (nSPS) is 25.3. The van der Waals surface area contributed by atoms with Crippen LogP contribution in [0, 0.1) is 5.92 Å². The summed E-state index contributed by atoms with van der Waals surface area (Å²) in [5.74, 6) is -0.704. The second kappa shape index (κ2) is 3.08. The van der Waals surface area contributed by atoms with Gasteiger partial charge in [-0.25, -0.2) is 0 Å². The summed E-state index contributed by atoms with van der Waals surface area (Å²) in [4.78, 5) is 10.7. The summed E-state index contributed by atoms with van der Waals surface area (Å²) in [7, 11) is 0. The molecule has 2 atom stereocenters. The lowest BCUT2D eigenvalue weighted by molar-refractivity contribution is -0.138. The number of carboxylic acid groups (broad SMARTS) is 1. The molecule has 1 fully saturated rings. The Morgan fingerprint density at radius 3 is 2.67 bits per heavy atom. The van der Waals surface area contributed by atoms with E-state index >= 15 is 0 Å². The predicted octanol–water partition coefficient (Wildman–Crippen LogP) is 1.83. The van der Waals surface area contributed by atoms with Crippen molar-refractivity contribution in [3.63, 3.8) is 0 Å². The van der Waals surface area contributed by atoms with Gasteiger partial charge in [-0.3, -0.25) is 9.48 Å². The van der Waals surface area contributed by atoms with Gasteiger partial charge in [0.15, 0.2) is 0 Å². The van der Waals surface area contributed by atoms with Gasteiger partial charge in [-0.1, -0.05) is 0 Å². The summed E-state index contributed by atoms with van der Waals surface area (Å²) in [6, 6.07) is 0. The second-order valence-corrected chi connectivity index (χ2v) is 5.18. The van der Waals surface area contributed by atoms with Crippen LogP contribution >= 0.6 is 0 Å². The number of hydrogen-bond acceptors (Lipinski definition) is 2. The first-order valence-corrected chi connectivity index (χ1v) is 5.17. The molecule has 0 saturated heterocycles. The first kappa shape index (κ1) is 10.2. The van der Waals surface area contributed by atoms with Gasteiger partial charge in [0.2, 0.25) is 0 Å². The molecule has 0 bridgehead atoms. The van der Waals surface area contributed by atoms with E-state index in [0.29, 0.717) is 0 Å². The maximum absolute atomic E-state index is 10.7. The molecule has 0 spiro atoms. The Bertz CT molecular complexity index is 390. The fourth-order valence-electron chi connectivity index (χ4n) is 1.73. The van der Waals surface area contributed by atoms with Gasteiger partial charge < -0.3 is 5.11 Å². The number of hydrogen-bond donors (Lipinski definition) is 1. The van der Waals surface area contributed by atoms with Crippen LogP contribution in [0.4, 0.5) is 0 Å². The smallest absolute Gasteiger partial charge is 0.307 e. The summed E-state index contributed by atoms with van der Waals surface area (Å²) in [6.07, 6.45) is 4.51. The quantitative estimate of drug-likeness (QED) is 0.806. The largest absolute Gasteiger partial charge is 0.481 e. The molecule has 15 heavy (non-hydrogen) atoms. The average molecular weight is 208 g/mol. The van der Waals surface area contributed by atoms with Crippen LogP contribution in [0.2, 0.25) is 0 Å². The van der Waals surface area contributed by atoms with Crippen molar-refractivity contribution < 1.29 is 9.90 Å². The molecule has 0 aromatic carbocycles. The molecule has 82 valence electrons. The van der Waals surface area contributed by atoms with Gasteiger partial charge in [0.05, 0.1) is 17.7 Å². The number of nitrogens with zero attached hydrogens (tertiary/aromatic N) is 2. The highest BCUT2D eigenvalue weighted by molar-refractivity contribution is 5.75. The maximum Gasteiger partial charge on any atom is 0.307 e. The van der Waals surface area contributed by atoms with E-state index in [-0.39, 0.29) is 17.4 Å². The minimum absolute atomic E-state index is 0.0359. The molecule has 2 rings (SSSR count). The minimum Gasteiger partial charge on any atom is -0.481 e. The first-order chi connectivity index (χ1) is 6.89. The van der Waals surface area contributed by atoms with Crippen molar-refractivity contribution in [3.05, 3.63) is 18.0 Å². The molecule has 4 heteroatoms. The molecule has 1 aliphatic rings. The molecule has 4 nitrogen and oxygen atoms in total. The van der Waals surface area contributed by atoms with E-state index in [1.54, 1.807) is 6.20 Å². The monoisotopic (exact) mass is 208 g/mol. The third-order valence-electron chi connectivity index (χ3n) is 2.83. The lowest BCUT2D eigenvalue weighted by Gasteiger charge is -2.18. The number of aromatic nitrogens is 2. The molecule has 0 radical (unpaired) electrons. The van der Waals surface area contributed by atoms with Crippen molar-refractivity contribution in [3.8, 4) is 0 Å². The zero-order valence-corrected chi connectivity index (χ0v) is 9.27. The molecular weight excluding hydrogens is 192 g/mol. The van der Waals surface area contributed by atoms with Crippen LogP contribution in [0.3, 0.4) is 0 Å². The van der Waals surface area contributed by atoms with Crippen molar-refractivity contribution in [2.75, 3.05) is 0 Å². The van der Waals surface area contributed by atoms with Gasteiger partial charge in [0, 0.05) is 12.1 Å². The molecule has 1 heterocycles. The van der Waals surface area contributed by atoms with Gasteiger partial charge in [0.1, 0.15) is 0 Å². The van der Waals surface area contributed by atoms with Crippen LogP contribution in [0.1, 0.15) is 38.7 Å². The Labute approximate surface area is 88.9 Å². The SMILES string of the molecule is CC(C)(C)n1cc([C@@H]2C[C@H]2C(=O)O)cn1. The van der Waals surface area contributed by atoms with E-state index in [9.17, 15) is 4.79 Å². The Kier molecular flexibility index (Phi) is 2.10. The molecule has 0 amide bonds. The Morgan fingerprint density at radius 2 is 2.27 bits per heavy atom. The first-order valence-electron chi connectivity index (χ1n) is 5.17. The van der Waals surface area contributed by atoms with Crippen LogP contribution in [-0.4, -0.2) is 20.9 Å². The van der Waals surface area contributed by atoms with E-state index in [2.05, 4.69) is 25.9 Å². The highest BCUT2D eigenvalue weighted by Crippen LogP contribution is 2.47. The molecule has 1 saturated carbocycles. The van der Waals surface area contributed by atoms with Crippen LogP contribution < -0.4 is 0 Å². The van der Waals surface area contributed by atoms with Crippen LogP contribution in [0.25, 0.3) is 0 Å². The van der Waals surface area contributed by atoms with Crippen molar-refractivity contribution in [1.82, 2.24) is 9.78 Å². The standard InChI is InChI=1S/C11H16N2O2/c1-11(2,3)13-6-7(5-12-13)8-4-9(8)10(14)15/h5-6,8-9H,4H2,1-3H3,(H,14,15)/t8-,9+/m0/s1. The van der Waals surface area contributed by atoms with Crippen molar-refractivity contribution >= 4 is 5.97 Å². The van der Waals surface area contributed by atoms with Gasteiger partial charge in [0.25, 0.3) is 0 Å². The lowest BCUT2D eigenvalue weighted by Crippen LogP contribution is -2.21. The molecule has 1 aromatic heterocycles. The molecule has 0 unspecified atom stereocenters. The summed E-state index contributed by atoms with van der Waals surface area (Å²) in [5.41, 5.74) is 1.02. The third kappa shape index (κ3) is 1.89. The molecular formula is C11H16N2O2. The van der Waals surface area contributed by atoms with E-state index in [1.165, 1.54) is 0 Å². The maximum atomic E-state index is 10.7. The molecule has 0 aliphatic heterocycles. The zero-order valence-electron chi connectivity index (χ0n) is 9.27. The topological polar surface area (TPSA) is 55.1 Å². The highest BCUT2D eigenvalue weighted by atomic mass is 16.4. The Balaban J connectivity index is 2.13. The van der Waals surface area contributed by atoms with E-state index in [1.807, 2.05) is 10.9 Å². The number of carboxylic acids is 1. The summed E-state index contributed by atoms with van der Waals surface area (Å²) < 4.78 is 1.89. The Morgan fingerprint density at radius 1 is 1.60 bits per heavy atom. The fraction of sp³-hybridized carbons (Fsp3) is 0.636. The molecule has 1 aromatic rings. The predicted molar refractivity (Wildman–Crippen MR) is 55.7 cm³/mol. The number of aliphatic carboxylic acids is 1. The highest BCUT2D eigenvalue weighted by Gasteiger charge is 2.45. The van der Waals surface area contributed by atoms with Gasteiger partial charge >= 0.3 is 5.97 Å². The Hall–Kier alpha value is -1.32. The van der Waals surface area contributed by atoms with Crippen molar-refractivity contribution in [1.29, 1.82) is 0 Å². The second-order valence-electron chi connectivity index (χ2n) is 5.18. The van der Waals surface area contributed by atoms with E-state index in [0.717, 1.165) is 12.0 Å². The third-order valence-corrected chi connectivity index (χ3v) is 2.83. The van der Waals surface area contributed by atoms with Gasteiger partial charge in [-0.15, -0.1) is 0 Å². The van der Waals surface area contributed by atoms with E-state index < -0.39 is 5.97 Å². The van der Waals surface area contributed by atoms with E-state index in [4.69, 9.17) is 5.11 Å². The van der Waals surface area contributed by atoms with Crippen LogP contribution in [0.15, 0.2) is 12.4 Å². The lowest BCUT2D eigenvalue weighted by atomic mass is 10.1. The summed E-state index contributed by atoms with van der Waals surface area (Å²) >= 11 is 0. The number of rotatable bonds is 2.